The fraction of sp³-hybridized carbons (Fsp3) is 0.250. The Morgan fingerprint density at radius 1 is 1.17 bits per heavy atom. The maximum absolute atomic E-state index is 11.2. The van der Waals surface area contributed by atoms with Crippen molar-refractivity contribution in [1.82, 2.24) is 15.0 Å². The molecule has 94 valence electrons. The van der Waals surface area contributed by atoms with Crippen molar-refractivity contribution in [1.29, 1.82) is 0 Å². The van der Waals surface area contributed by atoms with E-state index in [0.29, 0.717) is 11.5 Å². The van der Waals surface area contributed by atoms with Gasteiger partial charge in [-0.15, -0.1) is 0 Å². The summed E-state index contributed by atoms with van der Waals surface area (Å²) in [5, 5.41) is 0. The quantitative estimate of drug-likeness (QED) is 0.819. The normalized spacial score (nSPS) is 10.8. The topological polar surface area (TPSA) is 77.1 Å². The van der Waals surface area contributed by atoms with E-state index >= 15 is 0 Å². The molecule has 0 atom stereocenters. The van der Waals surface area contributed by atoms with Crippen molar-refractivity contribution in [3.63, 3.8) is 0 Å². The predicted molar refractivity (Wildman–Crippen MR) is 64.8 cm³/mol. The van der Waals surface area contributed by atoms with Crippen LogP contribution in [-0.4, -0.2) is 29.2 Å². The largest absolute Gasteiger partial charge is 0.350 e. The first-order valence-electron chi connectivity index (χ1n) is 5.32. The molecule has 0 saturated carbocycles. The van der Waals surface area contributed by atoms with Gasteiger partial charge >= 0.3 is 0 Å². The van der Waals surface area contributed by atoms with Crippen LogP contribution in [0.25, 0.3) is 11.4 Å². The smallest absolute Gasteiger partial charge is 0.251 e. The second-order valence-corrected chi connectivity index (χ2v) is 3.56. The van der Waals surface area contributed by atoms with Gasteiger partial charge in [-0.3, -0.25) is 9.78 Å². The van der Waals surface area contributed by atoms with E-state index in [1.165, 1.54) is 26.5 Å². The summed E-state index contributed by atoms with van der Waals surface area (Å²) < 4.78 is 10.2. The second kappa shape index (κ2) is 5.52. The third kappa shape index (κ3) is 2.61. The molecular formula is C12H13N3O3. The van der Waals surface area contributed by atoms with E-state index in [1.54, 1.807) is 18.3 Å². The molecule has 6 heteroatoms. The first kappa shape index (κ1) is 12.4. The maximum atomic E-state index is 11.2. The predicted octanol–water partition coefficient (Wildman–Crippen LogP) is 1.12. The minimum Gasteiger partial charge on any atom is -0.350 e. The fourth-order valence-electron chi connectivity index (χ4n) is 1.58. The fourth-order valence-corrected chi connectivity index (χ4v) is 1.58. The average Bonchev–Trinajstić information content (AvgIpc) is 2.41. The van der Waals surface area contributed by atoms with Crippen molar-refractivity contribution in [2.24, 2.45) is 0 Å². The highest BCUT2D eigenvalue weighted by Crippen LogP contribution is 2.19. The molecule has 0 unspecified atom stereocenters. The van der Waals surface area contributed by atoms with E-state index in [9.17, 15) is 4.79 Å². The standard InChI is InChI=1S/C12H13N3O3/c1-17-12(18-2)9-7-8(3-5-13-9)11-14-6-4-10(16)15-11/h3-7,12H,1-2H3,(H,14,15,16). The summed E-state index contributed by atoms with van der Waals surface area (Å²) in [7, 11) is 3.07. The van der Waals surface area contributed by atoms with E-state index in [-0.39, 0.29) is 5.56 Å². The number of hydrogen-bond donors (Lipinski definition) is 1. The Bertz CT molecular complexity index is 579. The van der Waals surface area contributed by atoms with Gasteiger partial charge in [-0.1, -0.05) is 0 Å². The maximum Gasteiger partial charge on any atom is 0.251 e. The Hall–Kier alpha value is -2.05. The number of aromatic amines is 1. The van der Waals surface area contributed by atoms with Gasteiger partial charge in [0.1, 0.15) is 5.82 Å². The molecule has 0 aromatic carbocycles. The number of pyridine rings is 1. The summed E-state index contributed by atoms with van der Waals surface area (Å²) >= 11 is 0. The number of rotatable bonds is 4. The summed E-state index contributed by atoms with van der Waals surface area (Å²) in [4.78, 5) is 22.1. The Balaban J connectivity index is 2.41. The van der Waals surface area contributed by atoms with Crippen LogP contribution in [-0.2, 0) is 9.47 Å². The van der Waals surface area contributed by atoms with Gasteiger partial charge in [0.05, 0.1) is 5.69 Å². The third-order valence-corrected chi connectivity index (χ3v) is 2.40. The van der Waals surface area contributed by atoms with Gasteiger partial charge in [0, 0.05) is 38.2 Å². The minimum atomic E-state index is -0.541. The lowest BCUT2D eigenvalue weighted by molar-refractivity contribution is -0.108. The van der Waals surface area contributed by atoms with Gasteiger partial charge < -0.3 is 14.5 Å². The lowest BCUT2D eigenvalue weighted by Gasteiger charge is -2.13. The first-order valence-corrected chi connectivity index (χ1v) is 5.32. The van der Waals surface area contributed by atoms with Gasteiger partial charge in [0.15, 0.2) is 0 Å². The van der Waals surface area contributed by atoms with E-state index in [1.807, 2.05) is 0 Å². The molecule has 1 N–H and O–H groups in total. The molecule has 18 heavy (non-hydrogen) atoms. The second-order valence-electron chi connectivity index (χ2n) is 3.56. The minimum absolute atomic E-state index is 0.201. The summed E-state index contributed by atoms with van der Waals surface area (Å²) in [5.74, 6) is 0.483. The third-order valence-electron chi connectivity index (χ3n) is 2.40. The van der Waals surface area contributed by atoms with Crippen molar-refractivity contribution in [3.8, 4) is 11.4 Å². The van der Waals surface area contributed by atoms with Crippen LogP contribution in [0.4, 0.5) is 0 Å². The van der Waals surface area contributed by atoms with Crippen LogP contribution < -0.4 is 5.56 Å². The van der Waals surface area contributed by atoms with Crippen LogP contribution in [0.1, 0.15) is 12.0 Å². The number of aromatic nitrogens is 3. The first-order chi connectivity index (χ1) is 8.74. The van der Waals surface area contributed by atoms with Crippen molar-refractivity contribution >= 4 is 0 Å². The van der Waals surface area contributed by atoms with Crippen LogP contribution in [0.2, 0.25) is 0 Å². The van der Waals surface area contributed by atoms with Crippen LogP contribution in [0.5, 0.6) is 0 Å². The summed E-state index contributed by atoms with van der Waals surface area (Å²) in [6, 6.07) is 4.87. The molecule has 2 aromatic heterocycles. The lowest BCUT2D eigenvalue weighted by Crippen LogP contribution is -2.08. The molecule has 2 rings (SSSR count). The molecule has 2 aromatic rings. The molecule has 0 aliphatic heterocycles. The highest BCUT2D eigenvalue weighted by molar-refractivity contribution is 5.54. The van der Waals surface area contributed by atoms with Crippen LogP contribution in [0, 0.1) is 0 Å². The van der Waals surface area contributed by atoms with Crippen LogP contribution in [0.15, 0.2) is 35.4 Å². The van der Waals surface area contributed by atoms with Crippen molar-refractivity contribution in [3.05, 3.63) is 46.6 Å². The van der Waals surface area contributed by atoms with Crippen molar-refractivity contribution < 1.29 is 9.47 Å². The zero-order valence-corrected chi connectivity index (χ0v) is 10.1. The molecule has 0 spiro atoms. The van der Waals surface area contributed by atoms with Crippen molar-refractivity contribution in [2.75, 3.05) is 14.2 Å². The molecule has 0 fully saturated rings. The van der Waals surface area contributed by atoms with Gasteiger partial charge in [-0.2, -0.15) is 0 Å². The zero-order valence-electron chi connectivity index (χ0n) is 10.1. The monoisotopic (exact) mass is 247 g/mol. The number of H-pyrrole nitrogens is 1. The zero-order chi connectivity index (χ0) is 13.0. The van der Waals surface area contributed by atoms with Crippen molar-refractivity contribution in [2.45, 2.75) is 6.29 Å². The van der Waals surface area contributed by atoms with E-state index in [0.717, 1.165) is 5.56 Å². The van der Waals surface area contributed by atoms with Crippen LogP contribution in [0.3, 0.4) is 0 Å². The Morgan fingerprint density at radius 2 is 1.89 bits per heavy atom. The van der Waals surface area contributed by atoms with Gasteiger partial charge in [0.2, 0.25) is 6.29 Å². The number of ether oxygens (including phenoxy) is 2. The van der Waals surface area contributed by atoms with E-state index < -0.39 is 6.29 Å². The Morgan fingerprint density at radius 3 is 2.56 bits per heavy atom. The summed E-state index contributed by atoms with van der Waals surface area (Å²) in [6.45, 7) is 0. The molecule has 0 radical (unpaired) electrons. The lowest BCUT2D eigenvalue weighted by atomic mass is 10.2. The Kier molecular flexibility index (Phi) is 3.81. The highest BCUT2D eigenvalue weighted by Gasteiger charge is 2.11. The molecular weight excluding hydrogens is 234 g/mol. The summed E-state index contributed by atoms with van der Waals surface area (Å²) in [5.41, 5.74) is 1.16. The summed E-state index contributed by atoms with van der Waals surface area (Å²) in [6.07, 6.45) is 2.53. The molecule has 0 aliphatic rings. The molecule has 0 aliphatic carbocycles. The molecule has 2 heterocycles. The number of nitrogens with one attached hydrogen (secondary N) is 1. The molecule has 6 nitrogen and oxygen atoms in total. The van der Waals surface area contributed by atoms with Gasteiger partial charge in [-0.25, -0.2) is 4.98 Å². The highest BCUT2D eigenvalue weighted by atomic mass is 16.7. The van der Waals surface area contributed by atoms with Crippen LogP contribution >= 0.6 is 0 Å². The average molecular weight is 247 g/mol. The van der Waals surface area contributed by atoms with Gasteiger partial charge in [0.25, 0.3) is 5.56 Å². The number of methoxy groups -OCH3 is 2. The van der Waals surface area contributed by atoms with E-state index in [4.69, 9.17) is 9.47 Å². The number of nitrogens with zero attached hydrogens (tertiary/aromatic N) is 2. The Labute approximate surface area is 104 Å². The molecule has 0 bridgehead atoms. The number of hydrogen-bond acceptors (Lipinski definition) is 5. The van der Waals surface area contributed by atoms with Gasteiger partial charge in [-0.05, 0) is 12.1 Å². The van der Waals surface area contributed by atoms with E-state index in [2.05, 4.69) is 15.0 Å². The molecule has 0 saturated heterocycles. The molecule has 0 amide bonds. The SMILES string of the molecule is COC(OC)c1cc(-c2nccc(=O)[nH]2)ccn1.